The summed E-state index contributed by atoms with van der Waals surface area (Å²) >= 11 is 0. The molecule has 0 unspecified atom stereocenters. The van der Waals surface area contributed by atoms with E-state index in [0.717, 1.165) is 24.2 Å². The standard InChI is InChI=1S/C12H16F3N3O/c1-8-5-10(17-16-8)11(19)18(7-12(13,14)15)6-9-3-2-4-9/h5,9H,2-4,6-7H2,1H3,(H,16,17). The average molecular weight is 275 g/mol. The summed E-state index contributed by atoms with van der Waals surface area (Å²) < 4.78 is 37.6. The first-order valence-electron chi connectivity index (χ1n) is 6.23. The number of halogens is 3. The molecular formula is C12H16F3N3O. The van der Waals surface area contributed by atoms with Crippen molar-refractivity contribution in [1.29, 1.82) is 0 Å². The Morgan fingerprint density at radius 1 is 1.53 bits per heavy atom. The Morgan fingerprint density at radius 2 is 2.21 bits per heavy atom. The van der Waals surface area contributed by atoms with E-state index in [0.29, 0.717) is 5.69 Å². The number of aromatic amines is 1. The zero-order valence-electron chi connectivity index (χ0n) is 10.6. The summed E-state index contributed by atoms with van der Waals surface area (Å²) in [5.41, 5.74) is 0.694. The molecular weight excluding hydrogens is 259 g/mol. The fraction of sp³-hybridized carbons (Fsp3) is 0.667. The maximum absolute atomic E-state index is 12.5. The smallest absolute Gasteiger partial charge is 0.328 e. The summed E-state index contributed by atoms with van der Waals surface area (Å²) in [7, 11) is 0. The first kappa shape index (κ1) is 13.9. The van der Waals surface area contributed by atoms with E-state index in [1.807, 2.05) is 0 Å². The summed E-state index contributed by atoms with van der Waals surface area (Å²) in [5, 5.41) is 6.30. The van der Waals surface area contributed by atoms with E-state index in [1.165, 1.54) is 6.07 Å². The van der Waals surface area contributed by atoms with Crippen molar-refractivity contribution in [2.75, 3.05) is 13.1 Å². The van der Waals surface area contributed by atoms with Crippen LogP contribution in [-0.4, -0.2) is 40.3 Å². The van der Waals surface area contributed by atoms with Gasteiger partial charge in [0, 0.05) is 12.2 Å². The molecule has 1 amide bonds. The van der Waals surface area contributed by atoms with Crippen LogP contribution in [-0.2, 0) is 0 Å². The molecule has 0 aromatic carbocycles. The van der Waals surface area contributed by atoms with E-state index in [-0.39, 0.29) is 18.2 Å². The number of amides is 1. The molecule has 4 nitrogen and oxygen atoms in total. The maximum Gasteiger partial charge on any atom is 0.406 e. The quantitative estimate of drug-likeness (QED) is 0.918. The second-order valence-corrected chi connectivity index (χ2v) is 5.03. The number of aryl methyl sites for hydroxylation is 1. The lowest BCUT2D eigenvalue weighted by Crippen LogP contribution is -2.43. The number of aromatic nitrogens is 2. The molecule has 1 saturated carbocycles. The molecule has 1 aromatic heterocycles. The van der Waals surface area contributed by atoms with Gasteiger partial charge in [-0.15, -0.1) is 0 Å². The topological polar surface area (TPSA) is 49.0 Å². The van der Waals surface area contributed by atoms with E-state index in [4.69, 9.17) is 0 Å². The van der Waals surface area contributed by atoms with Crippen molar-refractivity contribution in [2.24, 2.45) is 5.92 Å². The molecule has 1 aliphatic carbocycles. The van der Waals surface area contributed by atoms with Gasteiger partial charge in [-0.05, 0) is 31.7 Å². The molecule has 0 atom stereocenters. The van der Waals surface area contributed by atoms with Gasteiger partial charge in [-0.1, -0.05) is 6.42 Å². The van der Waals surface area contributed by atoms with Crippen LogP contribution in [0.5, 0.6) is 0 Å². The van der Waals surface area contributed by atoms with Crippen molar-refractivity contribution in [1.82, 2.24) is 15.1 Å². The number of rotatable bonds is 4. The Hall–Kier alpha value is -1.53. The van der Waals surface area contributed by atoms with Gasteiger partial charge in [0.15, 0.2) is 0 Å². The lowest BCUT2D eigenvalue weighted by atomic mass is 9.85. The number of carbonyl (C=O) groups is 1. The lowest BCUT2D eigenvalue weighted by molar-refractivity contribution is -0.142. The van der Waals surface area contributed by atoms with Crippen molar-refractivity contribution < 1.29 is 18.0 Å². The van der Waals surface area contributed by atoms with E-state index in [1.54, 1.807) is 6.92 Å². The van der Waals surface area contributed by atoms with Crippen molar-refractivity contribution in [3.05, 3.63) is 17.5 Å². The van der Waals surface area contributed by atoms with Gasteiger partial charge in [-0.25, -0.2) is 0 Å². The summed E-state index contributed by atoms with van der Waals surface area (Å²) in [4.78, 5) is 12.9. The van der Waals surface area contributed by atoms with Crippen LogP contribution in [0.1, 0.15) is 35.4 Å². The lowest BCUT2D eigenvalue weighted by Gasteiger charge is -2.32. The van der Waals surface area contributed by atoms with Gasteiger partial charge in [0.1, 0.15) is 12.2 Å². The number of carbonyl (C=O) groups excluding carboxylic acids is 1. The largest absolute Gasteiger partial charge is 0.406 e. The molecule has 0 aliphatic heterocycles. The third-order valence-corrected chi connectivity index (χ3v) is 3.29. The third-order valence-electron chi connectivity index (χ3n) is 3.29. The van der Waals surface area contributed by atoms with E-state index >= 15 is 0 Å². The van der Waals surface area contributed by atoms with Crippen LogP contribution >= 0.6 is 0 Å². The summed E-state index contributed by atoms with van der Waals surface area (Å²) in [6, 6.07) is 1.46. The zero-order valence-corrected chi connectivity index (χ0v) is 10.6. The molecule has 1 aromatic rings. The van der Waals surface area contributed by atoms with Crippen LogP contribution in [0.25, 0.3) is 0 Å². The Labute approximate surface area is 109 Å². The van der Waals surface area contributed by atoms with Crippen LogP contribution in [0.15, 0.2) is 6.07 Å². The number of hydrogen-bond acceptors (Lipinski definition) is 2. The fourth-order valence-electron chi connectivity index (χ4n) is 2.11. The minimum absolute atomic E-state index is 0.0427. The van der Waals surface area contributed by atoms with E-state index in [9.17, 15) is 18.0 Å². The second-order valence-electron chi connectivity index (χ2n) is 5.03. The van der Waals surface area contributed by atoms with Crippen molar-refractivity contribution >= 4 is 5.91 Å². The number of nitrogens with one attached hydrogen (secondary N) is 1. The minimum Gasteiger partial charge on any atom is -0.328 e. The molecule has 1 N–H and O–H groups in total. The molecule has 19 heavy (non-hydrogen) atoms. The molecule has 2 rings (SSSR count). The Bertz CT molecular complexity index is 451. The SMILES string of the molecule is Cc1cc(C(=O)N(CC2CCC2)CC(F)(F)F)n[nH]1. The van der Waals surface area contributed by atoms with Gasteiger partial charge in [-0.3, -0.25) is 9.89 Å². The van der Waals surface area contributed by atoms with E-state index < -0.39 is 18.6 Å². The van der Waals surface area contributed by atoms with Gasteiger partial charge < -0.3 is 4.90 Å². The number of H-pyrrole nitrogens is 1. The first-order valence-corrected chi connectivity index (χ1v) is 6.23. The van der Waals surface area contributed by atoms with Crippen molar-refractivity contribution in [3.8, 4) is 0 Å². The Morgan fingerprint density at radius 3 is 2.63 bits per heavy atom. The van der Waals surface area contributed by atoms with E-state index in [2.05, 4.69) is 10.2 Å². The molecule has 0 radical (unpaired) electrons. The number of hydrogen-bond donors (Lipinski definition) is 1. The van der Waals surface area contributed by atoms with Crippen LogP contribution in [0.3, 0.4) is 0 Å². The molecule has 1 heterocycles. The summed E-state index contributed by atoms with van der Waals surface area (Å²) in [6.45, 7) is 0.641. The Kier molecular flexibility index (Phi) is 3.82. The molecule has 0 saturated heterocycles. The average Bonchev–Trinajstić information content (AvgIpc) is 2.65. The predicted octanol–water partition coefficient (Wildman–Crippen LogP) is 2.52. The summed E-state index contributed by atoms with van der Waals surface area (Å²) in [6.07, 6.45) is -1.58. The van der Waals surface area contributed by atoms with Crippen LogP contribution < -0.4 is 0 Å². The predicted molar refractivity (Wildman–Crippen MR) is 62.6 cm³/mol. The normalized spacial score (nSPS) is 16.2. The van der Waals surface area contributed by atoms with Crippen LogP contribution in [0, 0.1) is 12.8 Å². The van der Waals surface area contributed by atoms with Gasteiger partial charge in [-0.2, -0.15) is 18.3 Å². The minimum atomic E-state index is -4.38. The Balaban J connectivity index is 2.08. The highest BCUT2D eigenvalue weighted by atomic mass is 19.4. The molecule has 1 aliphatic rings. The monoisotopic (exact) mass is 275 g/mol. The van der Waals surface area contributed by atoms with Gasteiger partial charge in [0.05, 0.1) is 0 Å². The maximum atomic E-state index is 12.5. The zero-order chi connectivity index (χ0) is 14.0. The second kappa shape index (κ2) is 5.22. The van der Waals surface area contributed by atoms with Gasteiger partial charge in [0.25, 0.3) is 5.91 Å². The fourth-order valence-corrected chi connectivity index (χ4v) is 2.11. The van der Waals surface area contributed by atoms with Crippen LogP contribution in [0.2, 0.25) is 0 Å². The van der Waals surface area contributed by atoms with Gasteiger partial charge >= 0.3 is 6.18 Å². The number of alkyl halides is 3. The third kappa shape index (κ3) is 3.71. The molecule has 0 spiro atoms. The molecule has 1 fully saturated rings. The first-order chi connectivity index (χ1) is 8.85. The van der Waals surface area contributed by atoms with Crippen molar-refractivity contribution in [2.45, 2.75) is 32.4 Å². The summed E-state index contributed by atoms with van der Waals surface area (Å²) in [5.74, 6) is -0.472. The van der Waals surface area contributed by atoms with Gasteiger partial charge in [0.2, 0.25) is 0 Å². The highest BCUT2D eigenvalue weighted by molar-refractivity contribution is 5.92. The van der Waals surface area contributed by atoms with Crippen molar-refractivity contribution in [3.63, 3.8) is 0 Å². The van der Waals surface area contributed by atoms with Crippen LogP contribution in [0.4, 0.5) is 13.2 Å². The molecule has 106 valence electrons. The molecule has 7 heteroatoms. The number of nitrogens with zero attached hydrogens (tertiary/aromatic N) is 2. The highest BCUT2D eigenvalue weighted by Gasteiger charge is 2.35. The highest BCUT2D eigenvalue weighted by Crippen LogP contribution is 2.29. The molecule has 0 bridgehead atoms.